The van der Waals surface area contributed by atoms with Gasteiger partial charge in [0, 0.05) is 43.9 Å². The Bertz CT molecular complexity index is 1020. The van der Waals surface area contributed by atoms with Crippen molar-refractivity contribution < 1.29 is 9.90 Å². The Morgan fingerprint density at radius 3 is 2.82 bits per heavy atom. The molecule has 1 amide bonds. The van der Waals surface area contributed by atoms with Gasteiger partial charge < -0.3 is 26.0 Å². The van der Waals surface area contributed by atoms with E-state index in [4.69, 9.17) is 10.7 Å². The minimum absolute atomic E-state index is 0.00578. The number of piperazine rings is 1. The number of nitrogens with one attached hydrogen (secondary N) is 1. The first-order valence-electron chi connectivity index (χ1n) is 11.7. The molecule has 2 aromatic rings. The van der Waals surface area contributed by atoms with Gasteiger partial charge in [-0.15, -0.1) is 0 Å². The molecule has 176 valence electrons. The molecule has 2 aromatic heterocycles. The normalized spacial score (nSPS) is 18.5. The first-order valence-corrected chi connectivity index (χ1v) is 11.7. The van der Waals surface area contributed by atoms with Crippen LogP contribution in [-0.2, 0) is 4.79 Å². The molecule has 0 unspecified atom stereocenters. The van der Waals surface area contributed by atoms with Crippen LogP contribution in [0.25, 0.3) is 6.08 Å². The zero-order valence-electron chi connectivity index (χ0n) is 19.5. The molecule has 1 saturated heterocycles. The number of amides is 1. The highest BCUT2D eigenvalue weighted by Gasteiger charge is 2.35. The van der Waals surface area contributed by atoms with Crippen LogP contribution in [-0.4, -0.2) is 58.2 Å². The Kier molecular flexibility index (Phi) is 6.83. The van der Waals surface area contributed by atoms with Crippen LogP contribution < -0.4 is 16.0 Å². The summed E-state index contributed by atoms with van der Waals surface area (Å²) in [6.07, 6.45) is 5.89. The predicted molar refractivity (Wildman–Crippen MR) is 132 cm³/mol. The van der Waals surface area contributed by atoms with Gasteiger partial charge in [0.15, 0.2) is 5.82 Å². The van der Waals surface area contributed by atoms with Crippen LogP contribution in [0.4, 0.5) is 22.9 Å². The topological polar surface area (TPSA) is 108 Å². The molecule has 4 rings (SSSR count). The average molecular weight is 451 g/mol. The summed E-state index contributed by atoms with van der Waals surface area (Å²) < 4.78 is 0. The van der Waals surface area contributed by atoms with Gasteiger partial charge in [0.25, 0.3) is 0 Å². The Morgan fingerprint density at radius 1 is 1.36 bits per heavy atom. The van der Waals surface area contributed by atoms with E-state index in [1.54, 1.807) is 12.3 Å². The number of hydrogen-bond donors (Lipinski definition) is 3. The van der Waals surface area contributed by atoms with Crippen LogP contribution in [0.3, 0.4) is 0 Å². The second kappa shape index (κ2) is 9.79. The van der Waals surface area contributed by atoms with Crippen molar-refractivity contribution in [1.29, 1.82) is 0 Å². The average Bonchev–Trinajstić information content (AvgIpc) is 3.64. The lowest BCUT2D eigenvalue weighted by Crippen LogP contribution is -2.57. The molecule has 0 spiro atoms. The summed E-state index contributed by atoms with van der Waals surface area (Å²) in [5.74, 6) is 1.52. The molecular weight excluding hydrogens is 416 g/mol. The van der Waals surface area contributed by atoms with Crippen LogP contribution in [0.5, 0.6) is 0 Å². The van der Waals surface area contributed by atoms with E-state index in [0.717, 1.165) is 41.4 Å². The predicted octanol–water partition coefficient (Wildman–Crippen LogP) is 3.38. The zero-order valence-corrected chi connectivity index (χ0v) is 19.5. The van der Waals surface area contributed by atoms with Crippen LogP contribution >= 0.6 is 0 Å². The number of nitrogen functional groups attached to an aromatic ring is 1. The highest BCUT2D eigenvalue weighted by atomic mass is 16.3. The minimum atomic E-state index is -0.122. The van der Waals surface area contributed by atoms with Gasteiger partial charge in [0.2, 0.25) is 5.91 Å². The Morgan fingerprint density at radius 2 is 2.15 bits per heavy atom. The van der Waals surface area contributed by atoms with Crippen molar-refractivity contribution in [3.63, 3.8) is 0 Å². The maximum atomic E-state index is 12.5. The lowest BCUT2D eigenvalue weighted by Gasteiger charge is -2.44. The third-order valence-electron chi connectivity index (χ3n) is 6.43. The molecule has 2 fully saturated rings. The van der Waals surface area contributed by atoms with E-state index in [-0.39, 0.29) is 30.9 Å². The van der Waals surface area contributed by atoms with Crippen molar-refractivity contribution in [3.05, 3.63) is 42.4 Å². The summed E-state index contributed by atoms with van der Waals surface area (Å²) in [6.45, 7) is 9.86. The smallest absolute Gasteiger partial charge is 0.225 e. The highest BCUT2D eigenvalue weighted by molar-refractivity contribution is 5.78. The molecule has 1 atom stereocenters. The number of rotatable bonds is 8. The SMILES string of the molecule is C=Cc1cc(Nc2cc(N)c(N3CCN(C(=O)CCO)[C@H](C(C)C)C3)nc2C2CC2)ccn1. The van der Waals surface area contributed by atoms with Gasteiger partial charge in [-0.1, -0.05) is 20.4 Å². The van der Waals surface area contributed by atoms with Gasteiger partial charge in [-0.3, -0.25) is 9.78 Å². The monoisotopic (exact) mass is 450 g/mol. The Labute approximate surface area is 195 Å². The summed E-state index contributed by atoms with van der Waals surface area (Å²) in [4.78, 5) is 26.0. The molecule has 3 heterocycles. The highest BCUT2D eigenvalue weighted by Crippen LogP contribution is 2.45. The maximum Gasteiger partial charge on any atom is 0.225 e. The molecule has 1 aliphatic carbocycles. The van der Waals surface area contributed by atoms with E-state index in [9.17, 15) is 9.90 Å². The largest absolute Gasteiger partial charge is 0.396 e. The number of nitrogens with two attached hydrogens (primary N) is 1. The van der Waals surface area contributed by atoms with Crippen LogP contribution in [0.2, 0.25) is 0 Å². The van der Waals surface area contributed by atoms with Crippen LogP contribution in [0.1, 0.15) is 50.4 Å². The number of aliphatic hydroxyl groups is 1. The summed E-state index contributed by atoms with van der Waals surface area (Å²) in [5.41, 5.74) is 10.8. The molecule has 1 saturated carbocycles. The van der Waals surface area contributed by atoms with Crippen molar-refractivity contribution >= 4 is 34.9 Å². The van der Waals surface area contributed by atoms with E-state index >= 15 is 0 Å². The third kappa shape index (κ3) is 5.11. The Hall–Kier alpha value is -3.13. The van der Waals surface area contributed by atoms with Gasteiger partial charge in [-0.25, -0.2) is 4.98 Å². The Balaban J connectivity index is 1.60. The fourth-order valence-electron chi connectivity index (χ4n) is 4.47. The van der Waals surface area contributed by atoms with Gasteiger partial charge >= 0.3 is 0 Å². The van der Waals surface area contributed by atoms with Crippen molar-refractivity contribution in [2.75, 3.05) is 42.2 Å². The second-order valence-corrected chi connectivity index (χ2v) is 9.22. The minimum Gasteiger partial charge on any atom is -0.396 e. The molecule has 0 aromatic carbocycles. The number of anilines is 4. The quantitative estimate of drug-likeness (QED) is 0.566. The van der Waals surface area contributed by atoms with Gasteiger partial charge in [-0.2, -0.15) is 0 Å². The van der Waals surface area contributed by atoms with E-state index in [0.29, 0.717) is 31.2 Å². The van der Waals surface area contributed by atoms with E-state index in [1.807, 2.05) is 23.1 Å². The summed E-state index contributed by atoms with van der Waals surface area (Å²) in [7, 11) is 0. The van der Waals surface area contributed by atoms with Crippen molar-refractivity contribution in [2.24, 2.45) is 5.92 Å². The van der Waals surface area contributed by atoms with Crippen molar-refractivity contribution in [1.82, 2.24) is 14.9 Å². The molecule has 1 aliphatic heterocycles. The number of pyridine rings is 2. The van der Waals surface area contributed by atoms with Crippen molar-refractivity contribution in [3.8, 4) is 0 Å². The standard InChI is InChI=1S/C25H34N6O2/c1-4-18-13-19(7-9-27-18)28-21-14-20(26)25(29-24(21)17-5-6-17)30-10-11-31(23(33)8-12-32)22(15-30)16(2)3/h4,7,9,13-14,16-17,22,32H,1,5-6,8,10-12,15,26H2,2-3H3,(H,27,28)/t22-/m0/s1. The van der Waals surface area contributed by atoms with E-state index in [2.05, 4.69) is 35.6 Å². The van der Waals surface area contributed by atoms with Gasteiger partial charge in [0.1, 0.15) is 0 Å². The number of carbonyl (C=O) groups is 1. The fraction of sp³-hybridized carbons (Fsp3) is 0.480. The lowest BCUT2D eigenvalue weighted by molar-refractivity contribution is -0.135. The van der Waals surface area contributed by atoms with Gasteiger partial charge in [0.05, 0.1) is 35.4 Å². The molecule has 8 heteroatoms. The molecule has 2 aliphatic rings. The van der Waals surface area contributed by atoms with Crippen molar-refractivity contribution in [2.45, 2.75) is 45.1 Å². The molecular formula is C25H34N6O2. The summed E-state index contributed by atoms with van der Waals surface area (Å²) in [5, 5.41) is 12.7. The lowest BCUT2D eigenvalue weighted by atomic mass is 9.98. The number of hydrogen-bond acceptors (Lipinski definition) is 7. The summed E-state index contributed by atoms with van der Waals surface area (Å²) >= 11 is 0. The number of carbonyl (C=O) groups excluding carboxylic acids is 1. The first kappa shape index (κ1) is 23.0. The third-order valence-corrected chi connectivity index (χ3v) is 6.43. The molecule has 33 heavy (non-hydrogen) atoms. The second-order valence-electron chi connectivity index (χ2n) is 9.22. The summed E-state index contributed by atoms with van der Waals surface area (Å²) in [6, 6.07) is 5.90. The zero-order chi connectivity index (χ0) is 23.5. The number of aromatic nitrogens is 2. The fourth-order valence-corrected chi connectivity index (χ4v) is 4.47. The molecule has 8 nitrogen and oxygen atoms in total. The number of nitrogens with zero attached hydrogens (tertiary/aromatic N) is 4. The van der Waals surface area contributed by atoms with Gasteiger partial charge in [-0.05, 0) is 43.0 Å². The number of aliphatic hydroxyl groups excluding tert-OH is 1. The van der Waals surface area contributed by atoms with Crippen LogP contribution in [0, 0.1) is 5.92 Å². The van der Waals surface area contributed by atoms with Crippen LogP contribution in [0.15, 0.2) is 31.0 Å². The van der Waals surface area contributed by atoms with E-state index < -0.39 is 0 Å². The first-order chi connectivity index (χ1) is 15.9. The molecule has 0 bridgehead atoms. The van der Waals surface area contributed by atoms with E-state index in [1.165, 1.54) is 0 Å². The molecule has 4 N–H and O–H groups in total. The maximum absolute atomic E-state index is 12.5. The molecule has 0 radical (unpaired) electrons.